The maximum atomic E-state index is 14.6. The van der Waals surface area contributed by atoms with Crippen molar-refractivity contribution < 1.29 is 47.9 Å². The van der Waals surface area contributed by atoms with Gasteiger partial charge in [-0.2, -0.15) is 0 Å². The van der Waals surface area contributed by atoms with E-state index in [0.29, 0.717) is 37.8 Å². The smallest absolute Gasteiger partial charge is 0.246 e. The summed E-state index contributed by atoms with van der Waals surface area (Å²) in [7, 11) is 2.12. The average Bonchev–Trinajstić information content (AvgIpc) is 3.83. The maximum absolute atomic E-state index is 14.6. The standard InChI is InChI=1S/C44H71N15O10S2/c1-3-24(2)35-42(68)54-28(14-9-17-51-44(49)50)38(64)56-30(20-33(47)60)39(65)57-31(23-71-70-22-26(46)36(62)55-29(40(66)58-35)19-25-11-5-4-6-12-25)43(69)59-18-10-15-32(59)41(67)53-27(13-7-8-16-45)37(63)52-21-34(48)61/h4-6,11-12,24,26-32,35H,3,7-10,13-23,45-46H2,1-2H3,(H2,47,60)(H2,48,61)(H,52,63)(H,53,67)(H,54,68)(H,55,62)(H,56,64)(H,57,65)(H,58,66)(H4,49,50,51)/t24-,26-,27-,28?,29?,30-,31?,32-,35-/m0/s1. The summed E-state index contributed by atoms with van der Waals surface area (Å²) in [5.74, 6) is -8.99. The minimum atomic E-state index is -1.69. The molecule has 2 saturated heterocycles. The van der Waals surface area contributed by atoms with E-state index in [0.717, 1.165) is 21.6 Å². The number of likely N-dealkylation sites (tertiary alicyclic amines) is 1. The third kappa shape index (κ3) is 20.2. The molecular formula is C44H71N15O10S2. The quantitative estimate of drug-likeness (QED) is 0.0254. The summed E-state index contributed by atoms with van der Waals surface area (Å²) in [6.07, 6.45) is 1.39. The number of unbranched alkanes of at least 4 members (excludes halogenated alkanes) is 1. The van der Waals surface area contributed by atoms with Gasteiger partial charge < -0.3 is 76.5 Å². The highest BCUT2D eigenvalue weighted by Crippen LogP contribution is 2.26. The number of guanidine groups is 1. The molecule has 3 unspecified atom stereocenters. The molecule has 27 heteroatoms. The Morgan fingerprint density at radius 3 is 2.10 bits per heavy atom. The molecular weight excluding hydrogens is 963 g/mol. The Bertz CT molecular complexity index is 2050. The second kappa shape index (κ2) is 30.5. The number of nitrogens with one attached hydrogen (secondary N) is 7. The Morgan fingerprint density at radius 2 is 1.45 bits per heavy atom. The Morgan fingerprint density at radius 1 is 0.803 bits per heavy atom. The van der Waals surface area contributed by atoms with E-state index >= 15 is 0 Å². The van der Waals surface area contributed by atoms with E-state index in [1.165, 1.54) is 4.90 Å². The van der Waals surface area contributed by atoms with Gasteiger partial charge in [0.15, 0.2) is 5.96 Å². The largest absolute Gasteiger partial charge is 0.370 e. The number of benzene rings is 1. The van der Waals surface area contributed by atoms with Gasteiger partial charge in [-0.15, -0.1) is 0 Å². The number of nitrogens with two attached hydrogens (primary N) is 6. The van der Waals surface area contributed by atoms with Crippen molar-refractivity contribution in [2.45, 2.75) is 126 Å². The van der Waals surface area contributed by atoms with E-state index in [1.807, 2.05) is 0 Å². The number of hydrogen-bond acceptors (Lipinski definition) is 15. The molecule has 19 N–H and O–H groups in total. The second-order valence-electron chi connectivity index (χ2n) is 17.3. The van der Waals surface area contributed by atoms with Crippen molar-refractivity contribution in [3.8, 4) is 0 Å². The predicted octanol–water partition coefficient (Wildman–Crippen LogP) is -4.44. The fourth-order valence-electron chi connectivity index (χ4n) is 7.60. The van der Waals surface area contributed by atoms with Crippen LogP contribution in [0.5, 0.6) is 0 Å². The average molecular weight is 1030 g/mol. The van der Waals surface area contributed by atoms with Crippen LogP contribution in [0.25, 0.3) is 0 Å². The molecule has 0 bridgehead atoms. The summed E-state index contributed by atoms with van der Waals surface area (Å²) in [5.41, 5.74) is 34.5. The van der Waals surface area contributed by atoms with Gasteiger partial charge >= 0.3 is 0 Å². The van der Waals surface area contributed by atoms with Gasteiger partial charge in [-0.05, 0) is 63.0 Å². The number of rotatable bonds is 20. The van der Waals surface area contributed by atoms with Crippen LogP contribution in [-0.2, 0) is 54.4 Å². The number of aliphatic imine (C=N–C) groups is 1. The zero-order chi connectivity index (χ0) is 52.6. The topological polar surface area (TPSA) is 427 Å². The summed E-state index contributed by atoms with van der Waals surface area (Å²) in [6, 6.07) is -1.54. The molecule has 2 heterocycles. The second-order valence-corrected chi connectivity index (χ2v) is 19.9. The first kappa shape index (κ1) is 59.1. The molecule has 394 valence electrons. The van der Waals surface area contributed by atoms with Crippen LogP contribution in [-0.4, -0.2) is 156 Å². The molecule has 2 aliphatic heterocycles. The first-order chi connectivity index (χ1) is 33.7. The fraction of sp³-hybridized carbons (Fsp3) is 0.614. The van der Waals surface area contributed by atoms with Crippen molar-refractivity contribution in [1.82, 2.24) is 42.1 Å². The van der Waals surface area contributed by atoms with Gasteiger partial charge in [0.1, 0.15) is 42.3 Å². The highest BCUT2D eigenvalue weighted by Gasteiger charge is 2.41. The molecule has 3 rings (SSSR count). The van der Waals surface area contributed by atoms with Crippen LogP contribution in [0.2, 0.25) is 0 Å². The molecule has 0 spiro atoms. The molecule has 2 aliphatic rings. The molecule has 0 saturated carbocycles. The molecule has 1 aromatic rings. The van der Waals surface area contributed by atoms with Crippen LogP contribution >= 0.6 is 21.6 Å². The highest BCUT2D eigenvalue weighted by molar-refractivity contribution is 8.76. The predicted molar refractivity (Wildman–Crippen MR) is 268 cm³/mol. The third-order valence-electron chi connectivity index (χ3n) is 11.7. The van der Waals surface area contributed by atoms with Crippen LogP contribution in [0.3, 0.4) is 0 Å². The summed E-state index contributed by atoms with van der Waals surface area (Å²) in [4.78, 5) is 141. The summed E-state index contributed by atoms with van der Waals surface area (Å²) in [6.45, 7) is 3.46. The van der Waals surface area contributed by atoms with Gasteiger partial charge in [-0.1, -0.05) is 72.2 Å². The van der Waals surface area contributed by atoms with E-state index in [2.05, 4.69) is 42.2 Å². The molecule has 10 amide bonds. The monoisotopic (exact) mass is 1030 g/mol. The SMILES string of the molecule is CC[C@H](C)[C@@H]1NC(=O)C(Cc2ccccc2)NC(=O)[C@@H](N)CSSCC(C(=O)N2CCC[C@H]2C(=O)N[C@@H](CCCCN)C(=O)NCC(N)=O)NC(=O)[C@H](CC(N)=O)NC(=O)C(CCCN=C(N)N)NC1=O. The number of nitrogens with zero attached hydrogens (tertiary/aromatic N) is 2. The van der Waals surface area contributed by atoms with Crippen LogP contribution in [0.15, 0.2) is 35.3 Å². The van der Waals surface area contributed by atoms with Gasteiger partial charge in [0.05, 0.1) is 19.0 Å². The van der Waals surface area contributed by atoms with Crippen molar-refractivity contribution in [3.05, 3.63) is 35.9 Å². The lowest BCUT2D eigenvalue weighted by Gasteiger charge is -2.31. The maximum Gasteiger partial charge on any atom is 0.246 e. The summed E-state index contributed by atoms with van der Waals surface area (Å²) < 4.78 is 0. The fourth-order valence-corrected chi connectivity index (χ4v) is 9.88. The zero-order valence-corrected chi connectivity index (χ0v) is 41.8. The number of hydrogen-bond donors (Lipinski definition) is 13. The van der Waals surface area contributed by atoms with E-state index in [4.69, 9.17) is 34.4 Å². The number of carbonyl (C=O) groups is 10. The molecule has 25 nitrogen and oxygen atoms in total. The van der Waals surface area contributed by atoms with Gasteiger partial charge in [0.25, 0.3) is 0 Å². The van der Waals surface area contributed by atoms with Crippen molar-refractivity contribution >= 4 is 86.6 Å². The molecule has 2 fully saturated rings. The van der Waals surface area contributed by atoms with Gasteiger partial charge in [-0.3, -0.25) is 52.9 Å². The Balaban J connectivity index is 2.05. The van der Waals surface area contributed by atoms with E-state index in [9.17, 15) is 47.9 Å². The molecule has 0 aliphatic carbocycles. The molecule has 0 radical (unpaired) electrons. The Labute approximate surface area is 420 Å². The van der Waals surface area contributed by atoms with Crippen LogP contribution in [0, 0.1) is 5.92 Å². The summed E-state index contributed by atoms with van der Waals surface area (Å²) in [5, 5.41) is 18.3. The molecule has 1 aromatic carbocycles. The number of carbonyl (C=O) groups excluding carboxylic acids is 10. The number of amides is 10. The van der Waals surface area contributed by atoms with Crippen LogP contribution < -0.4 is 71.6 Å². The van der Waals surface area contributed by atoms with Crippen molar-refractivity contribution in [2.24, 2.45) is 45.3 Å². The van der Waals surface area contributed by atoms with Gasteiger partial charge in [-0.25, -0.2) is 0 Å². The minimum Gasteiger partial charge on any atom is -0.370 e. The van der Waals surface area contributed by atoms with Crippen LogP contribution in [0.1, 0.15) is 77.2 Å². The Kier molecular flexibility index (Phi) is 25.4. The van der Waals surface area contributed by atoms with E-state index in [1.54, 1.807) is 44.2 Å². The van der Waals surface area contributed by atoms with Crippen molar-refractivity contribution in [3.63, 3.8) is 0 Å². The summed E-state index contributed by atoms with van der Waals surface area (Å²) >= 11 is 0. The highest BCUT2D eigenvalue weighted by atomic mass is 33.1. The lowest BCUT2D eigenvalue weighted by molar-refractivity contribution is -0.142. The third-order valence-corrected chi connectivity index (χ3v) is 14.1. The number of primary amides is 2. The van der Waals surface area contributed by atoms with Gasteiger partial charge in [0, 0.05) is 31.0 Å². The molecule has 0 aromatic heterocycles. The lowest BCUT2D eigenvalue weighted by atomic mass is 9.96. The van der Waals surface area contributed by atoms with Crippen molar-refractivity contribution in [2.75, 3.05) is 37.7 Å². The van der Waals surface area contributed by atoms with Crippen LogP contribution in [0.4, 0.5) is 0 Å². The Hall–Kier alpha value is -6.19. The molecule has 71 heavy (non-hydrogen) atoms. The first-order valence-corrected chi connectivity index (χ1v) is 26.0. The normalized spacial score (nSPS) is 23.8. The minimum absolute atomic E-state index is 0.0232. The van der Waals surface area contributed by atoms with Crippen molar-refractivity contribution in [1.29, 1.82) is 0 Å². The first-order valence-electron chi connectivity index (χ1n) is 23.5. The zero-order valence-electron chi connectivity index (χ0n) is 40.2. The lowest BCUT2D eigenvalue weighted by Crippen LogP contribution is -2.61. The van der Waals surface area contributed by atoms with E-state index < -0.39 is 126 Å². The van der Waals surface area contributed by atoms with E-state index in [-0.39, 0.29) is 62.7 Å². The molecule has 9 atom stereocenters. The van der Waals surface area contributed by atoms with Gasteiger partial charge in [0.2, 0.25) is 59.1 Å².